The van der Waals surface area contributed by atoms with Gasteiger partial charge in [0.05, 0.1) is 30.2 Å². The van der Waals surface area contributed by atoms with E-state index < -0.39 is 5.97 Å². The molecule has 0 saturated carbocycles. The zero-order valence-electron chi connectivity index (χ0n) is 13.8. The topological polar surface area (TPSA) is 67.9 Å². The van der Waals surface area contributed by atoms with Crippen molar-refractivity contribution in [1.29, 1.82) is 0 Å². The van der Waals surface area contributed by atoms with Crippen LogP contribution in [0.5, 0.6) is 0 Å². The highest BCUT2D eigenvalue weighted by molar-refractivity contribution is 5.97. The molecule has 1 aliphatic rings. The highest BCUT2D eigenvalue weighted by Gasteiger charge is 2.16. The molecular formula is C19H20N2O4. The van der Waals surface area contributed by atoms with Crippen molar-refractivity contribution < 1.29 is 19.1 Å². The standard InChI is InChI=1S/C19H20N2O4/c22-18(14-25-19(23)15-6-2-1-3-7-15)20-16-8-4-5-9-17(16)21-10-12-24-13-11-21/h1-9H,10-14H2,(H,20,22). The van der Waals surface area contributed by atoms with Crippen LogP contribution in [-0.2, 0) is 14.3 Å². The van der Waals surface area contributed by atoms with E-state index in [1.807, 2.05) is 30.3 Å². The maximum Gasteiger partial charge on any atom is 0.338 e. The number of morpholine rings is 1. The van der Waals surface area contributed by atoms with Crippen LogP contribution in [0.15, 0.2) is 54.6 Å². The van der Waals surface area contributed by atoms with Crippen molar-refractivity contribution in [3.8, 4) is 0 Å². The molecule has 0 bridgehead atoms. The van der Waals surface area contributed by atoms with Gasteiger partial charge in [-0.05, 0) is 24.3 Å². The lowest BCUT2D eigenvalue weighted by Gasteiger charge is -2.30. The number of carbonyl (C=O) groups is 2. The Morgan fingerprint density at radius 1 is 1.00 bits per heavy atom. The number of hydrogen-bond donors (Lipinski definition) is 1. The van der Waals surface area contributed by atoms with Crippen LogP contribution in [-0.4, -0.2) is 44.8 Å². The van der Waals surface area contributed by atoms with Crippen LogP contribution in [0.1, 0.15) is 10.4 Å². The van der Waals surface area contributed by atoms with Gasteiger partial charge in [0.1, 0.15) is 0 Å². The number of anilines is 2. The van der Waals surface area contributed by atoms with Gasteiger partial charge in [0.15, 0.2) is 6.61 Å². The summed E-state index contributed by atoms with van der Waals surface area (Å²) in [4.78, 5) is 26.2. The SMILES string of the molecule is O=C(COC(=O)c1ccccc1)Nc1ccccc1N1CCOCC1. The van der Waals surface area contributed by atoms with Gasteiger partial charge in [0, 0.05) is 13.1 Å². The highest BCUT2D eigenvalue weighted by Crippen LogP contribution is 2.26. The molecule has 0 radical (unpaired) electrons. The number of ether oxygens (including phenoxy) is 2. The molecular weight excluding hydrogens is 320 g/mol. The Bertz CT molecular complexity index is 727. The van der Waals surface area contributed by atoms with Crippen molar-refractivity contribution in [2.75, 3.05) is 43.1 Å². The molecule has 0 atom stereocenters. The Hall–Kier alpha value is -2.86. The number of benzene rings is 2. The molecule has 6 nitrogen and oxygen atoms in total. The van der Waals surface area contributed by atoms with Crippen molar-refractivity contribution in [1.82, 2.24) is 0 Å². The summed E-state index contributed by atoms with van der Waals surface area (Å²) in [7, 11) is 0. The minimum atomic E-state index is -0.516. The van der Waals surface area contributed by atoms with Crippen LogP contribution in [0.25, 0.3) is 0 Å². The third-order valence-electron chi connectivity index (χ3n) is 3.87. The first-order valence-corrected chi connectivity index (χ1v) is 8.18. The largest absolute Gasteiger partial charge is 0.452 e. The Kier molecular flexibility index (Phi) is 5.64. The molecule has 0 spiro atoms. The minimum absolute atomic E-state index is 0.328. The van der Waals surface area contributed by atoms with E-state index in [1.54, 1.807) is 24.3 Å². The van der Waals surface area contributed by atoms with Crippen LogP contribution in [0, 0.1) is 0 Å². The van der Waals surface area contributed by atoms with Crippen molar-refractivity contribution >= 4 is 23.3 Å². The number of nitrogens with zero attached hydrogens (tertiary/aromatic N) is 1. The van der Waals surface area contributed by atoms with E-state index in [2.05, 4.69) is 10.2 Å². The fraction of sp³-hybridized carbons (Fsp3) is 0.263. The summed E-state index contributed by atoms with van der Waals surface area (Å²) in [5.41, 5.74) is 2.06. The van der Waals surface area contributed by atoms with E-state index in [4.69, 9.17) is 9.47 Å². The van der Waals surface area contributed by atoms with Gasteiger partial charge in [0.25, 0.3) is 5.91 Å². The maximum absolute atomic E-state index is 12.2. The zero-order chi connectivity index (χ0) is 17.5. The summed E-state index contributed by atoms with van der Waals surface area (Å²) in [6.45, 7) is 2.55. The van der Waals surface area contributed by atoms with Crippen LogP contribution < -0.4 is 10.2 Å². The summed E-state index contributed by atoms with van der Waals surface area (Å²) in [6.07, 6.45) is 0. The quantitative estimate of drug-likeness (QED) is 0.846. The third-order valence-corrected chi connectivity index (χ3v) is 3.87. The van der Waals surface area contributed by atoms with Crippen molar-refractivity contribution in [2.45, 2.75) is 0 Å². The lowest BCUT2D eigenvalue weighted by Crippen LogP contribution is -2.36. The molecule has 1 heterocycles. The number of rotatable bonds is 5. The van der Waals surface area contributed by atoms with Gasteiger partial charge < -0.3 is 19.7 Å². The summed E-state index contributed by atoms with van der Waals surface area (Å²) in [5.74, 6) is -0.887. The number of amides is 1. The average molecular weight is 340 g/mol. The van der Waals surface area contributed by atoms with Gasteiger partial charge >= 0.3 is 5.97 Å². The second kappa shape index (κ2) is 8.30. The van der Waals surface area contributed by atoms with E-state index in [0.29, 0.717) is 24.5 Å². The number of hydrogen-bond acceptors (Lipinski definition) is 5. The average Bonchev–Trinajstić information content (AvgIpc) is 2.68. The molecule has 0 aromatic heterocycles. The van der Waals surface area contributed by atoms with Gasteiger partial charge in [-0.2, -0.15) is 0 Å². The molecule has 1 N–H and O–H groups in total. The lowest BCUT2D eigenvalue weighted by atomic mass is 10.2. The summed E-state index contributed by atoms with van der Waals surface area (Å²) in [5, 5.41) is 2.82. The van der Waals surface area contributed by atoms with Crippen molar-refractivity contribution in [3.05, 3.63) is 60.2 Å². The molecule has 1 amide bonds. The summed E-state index contributed by atoms with van der Waals surface area (Å²) in [6, 6.07) is 16.2. The van der Waals surface area contributed by atoms with Gasteiger partial charge in [-0.15, -0.1) is 0 Å². The predicted molar refractivity (Wildman–Crippen MR) is 94.8 cm³/mol. The van der Waals surface area contributed by atoms with E-state index >= 15 is 0 Å². The number of carbonyl (C=O) groups excluding carboxylic acids is 2. The Morgan fingerprint density at radius 2 is 1.68 bits per heavy atom. The molecule has 0 aliphatic carbocycles. The van der Waals surface area contributed by atoms with Gasteiger partial charge in [0.2, 0.25) is 0 Å². The molecule has 3 rings (SSSR count). The van der Waals surface area contributed by atoms with Gasteiger partial charge in [-0.25, -0.2) is 4.79 Å². The fourth-order valence-corrected chi connectivity index (χ4v) is 2.63. The zero-order valence-corrected chi connectivity index (χ0v) is 13.8. The number of para-hydroxylation sites is 2. The van der Waals surface area contributed by atoms with Crippen molar-refractivity contribution in [2.24, 2.45) is 0 Å². The summed E-state index contributed by atoms with van der Waals surface area (Å²) >= 11 is 0. The second-order valence-electron chi connectivity index (χ2n) is 5.61. The van der Waals surface area contributed by atoms with Crippen LogP contribution in [0.3, 0.4) is 0 Å². The fourth-order valence-electron chi connectivity index (χ4n) is 2.63. The van der Waals surface area contributed by atoms with E-state index in [9.17, 15) is 9.59 Å². The number of nitrogens with one attached hydrogen (secondary N) is 1. The molecule has 2 aromatic carbocycles. The highest BCUT2D eigenvalue weighted by atomic mass is 16.5. The molecule has 1 fully saturated rings. The Morgan fingerprint density at radius 3 is 2.44 bits per heavy atom. The molecule has 0 unspecified atom stereocenters. The van der Waals surface area contributed by atoms with Crippen molar-refractivity contribution in [3.63, 3.8) is 0 Å². The monoisotopic (exact) mass is 340 g/mol. The van der Waals surface area contributed by atoms with Gasteiger partial charge in [-0.3, -0.25) is 4.79 Å². The molecule has 1 aliphatic heterocycles. The lowest BCUT2D eigenvalue weighted by molar-refractivity contribution is -0.119. The van der Waals surface area contributed by atoms with E-state index in [1.165, 1.54) is 0 Å². The predicted octanol–water partition coefficient (Wildman–Crippen LogP) is 2.32. The first kappa shape index (κ1) is 17.0. The first-order valence-electron chi connectivity index (χ1n) is 8.18. The van der Waals surface area contributed by atoms with Crippen LogP contribution >= 0.6 is 0 Å². The molecule has 2 aromatic rings. The molecule has 130 valence electrons. The maximum atomic E-state index is 12.2. The van der Waals surface area contributed by atoms with Crippen LogP contribution in [0.2, 0.25) is 0 Å². The first-order chi connectivity index (χ1) is 12.2. The summed E-state index contributed by atoms with van der Waals surface area (Å²) < 4.78 is 10.4. The van der Waals surface area contributed by atoms with E-state index in [-0.39, 0.29) is 12.5 Å². The molecule has 1 saturated heterocycles. The second-order valence-corrected chi connectivity index (χ2v) is 5.61. The molecule has 6 heteroatoms. The normalized spacial score (nSPS) is 14.0. The Labute approximate surface area is 146 Å². The molecule has 25 heavy (non-hydrogen) atoms. The van der Waals surface area contributed by atoms with Gasteiger partial charge in [-0.1, -0.05) is 30.3 Å². The number of esters is 1. The smallest absolute Gasteiger partial charge is 0.338 e. The third kappa shape index (κ3) is 4.58. The van der Waals surface area contributed by atoms with Crippen LogP contribution in [0.4, 0.5) is 11.4 Å². The Balaban J connectivity index is 1.59. The van der Waals surface area contributed by atoms with E-state index in [0.717, 1.165) is 18.8 Å². The minimum Gasteiger partial charge on any atom is -0.452 e.